The fraction of sp³-hybridized carbons (Fsp3) is 0.250. The quantitative estimate of drug-likeness (QED) is 0.225. The zero-order chi connectivity index (χ0) is 21.5. The van der Waals surface area contributed by atoms with Gasteiger partial charge in [-0.2, -0.15) is 0 Å². The fourth-order valence-electron chi connectivity index (χ4n) is 3.17. The molecule has 3 rings (SSSR count). The summed E-state index contributed by atoms with van der Waals surface area (Å²) in [4.78, 5) is 24.0. The highest BCUT2D eigenvalue weighted by molar-refractivity contribution is 5.83. The van der Waals surface area contributed by atoms with Crippen molar-refractivity contribution < 1.29 is 23.4 Å². The molecule has 30 heavy (non-hydrogen) atoms. The lowest BCUT2D eigenvalue weighted by Crippen LogP contribution is -2.18. The van der Waals surface area contributed by atoms with Crippen molar-refractivity contribution in [2.75, 3.05) is 13.7 Å². The zero-order valence-electron chi connectivity index (χ0n) is 17.1. The molecule has 0 aliphatic rings. The van der Waals surface area contributed by atoms with E-state index in [-0.39, 0.29) is 12.4 Å². The predicted molar refractivity (Wildman–Crippen MR) is 115 cm³/mol. The topological polar surface area (TPSA) is 75.0 Å². The van der Waals surface area contributed by atoms with Crippen molar-refractivity contribution in [2.45, 2.75) is 26.2 Å². The number of esters is 1. The van der Waals surface area contributed by atoms with Gasteiger partial charge in [-0.3, -0.25) is 0 Å². The van der Waals surface area contributed by atoms with Crippen LogP contribution in [-0.4, -0.2) is 19.7 Å². The van der Waals surface area contributed by atoms with Crippen LogP contribution < -0.4 is 19.8 Å². The van der Waals surface area contributed by atoms with Crippen LogP contribution in [-0.2, 0) is 17.6 Å². The first-order valence-electron chi connectivity index (χ1n) is 9.72. The Bertz CT molecular complexity index is 1110. The van der Waals surface area contributed by atoms with Gasteiger partial charge in [0.25, 0.3) is 0 Å². The smallest absolute Gasteiger partial charge is 0.349 e. The maximum absolute atomic E-state index is 12.2. The van der Waals surface area contributed by atoms with Crippen LogP contribution in [0.3, 0.4) is 0 Å². The Hall–Kier alpha value is -3.54. The van der Waals surface area contributed by atoms with Crippen LogP contribution in [0.5, 0.6) is 17.2 Å². The Balaban J connectivity index is 1.70. The van der Waals surface area contributed by atoms with Gasteiger partial charge in [0.15, 0.2) is 18.1 Å². The van der Waals surface area contributed by atoms with Crippen molar-refractivity contribution in [3.05, 3.63) is 76.7 Å². The highest BCUT2D eigenvalue weighted by Crippen LogP contribution is 2.28. The van der Waals surface area contributed by atoms with E-state index in [1.165, 1.54) is 13.2 Å². The van der Waals surface area contributed by atoms with Gasteiger partial charge >= 0.3 is 11.6 Å². The van der Waals surface area contributed by atoms with Gasteiger partial charge in [0.05, 0.1) is 7.11 Å². The van der Waals surface area contributed by atoms with Crippen molar-refractivity contribution >= 4 is 16.9 Å². The standard InChI is InChI=1S/C24H24O6/c1-4-6-16-8-11-20(22(12-16)27-3)28-15-24(26)29-18-9-10-19-17(7-5-2)13-23(25)30-21(19)14-18/h4,8-14H,1,5-7,15H2,2-3H3. The van der Waals surface area contributed by atoms with E-state index in [0.717, 1.165) is 29.4 Å². The van der Waals surface area contributed by atoms with E-state index in [1.807, 2.05) is 19.1 Å². The van der Waals surface area contributed by atoms with Crippen molar-refractivity contribution in [2.24, 2.45) is 0 Å². The largest absolute Gasteiger partial charge is 0.493 e. The zero-order valence-corrected chi connectivity index (χ0v) is 17.1. The summed E-state index contributed by atoms with van der Waals surface area (Å²) in [5, 5.41) is 0.830. The number of carbonyl (C=O) groups is 1. The van der Waals surface area contributed by atoms with Crippen LogP contribution in [0.1, 0.15) is 24.5 Å². The molecule has 2 aromatic carbocycles. The van der Waals surface area contributed by atoms with Crippen molar-refractivity contribution in [1.29, 1.82) is 0 Å². The molecular weight excluding hydrogens is 384 g/mol. The van der Waals surface area contributed by atoms with Gasteiger partial charge in [-0.1, -0.05) is 25.5 Å². The number of allylic oxidation sites excluding steroid dienone is 1. The van der Waals surface area contributed by atoms with Crippen LogP contribution in [0, 0.1) is 0 Å². The van der Waals surface area contributed by atoms with Gasteiger partial charge in [0, 0.05) is 17.5 Å². The number of benzene rings is 2. The molecule has 1 heterocycles. The van der Waals surface area contributed by atoms with Crippen molar-refractivity contribution in [3.63, 3.8) is 0 Å². The Morgan fingerprint density at radius 3 is 2.70 bits per heavy atom. The van der Waals surface area contributed by atoms with Crippen LogP contribution in [0.25, 0.3) is 11.0 Å². The number of hydrogen-bond acceptors (Lipinski definition) is 6. The Kier molecular flexibility index (Phi) is 6.91. The molecule has 0 aliphatic carbocycles. The maximum atomic E-state index is 12.2. The first-order chi connectivity index (χ1) is 14.5. The summed E-state index contributed by atoms with van der Waals surface area (Å²) in [6.07, 6.45) is 4.17. The Morgan fingerprint density at radius 2 is 1.97 bits per heavy atom. The summed E-state index contributed by atoms with van der Waals surface area (Å²) >= 11 is 0. The summed E-state index contributed by atoms with van der Waals surface area (Å²) in [5.41, 5.74) is 1.90. The number of hydrogen-bond donors (Lipinski definition) is 0. The molecule has 0 spiro atoms. The molecular formula is C24H24O6. The molecule has 0 saturated heterocycles. The lowest BCUT2D eigenvalue weighted by molar-refractivity contribution is -0.136. The van der Waals surface area contributed by atoms with Gasteiger partial charge < -0.3 is 18.6 Å². The lowest BCUT2D eigenvalue weighted by Gasteiger charge is -2.12. The second-order valence-electron chi connectivity index (χ2n) is 6.74. The minimum Gasteiger partial charge on any atom is -0.493 e. The Morgan fingerprint density at radius 1 is 1.13 bits per heavy atom. The van der Waals surface area contributed by atoms with Crippen LogP contribution in [0.4, 0.5) is 0 Å². The third-order valence-corrected chi connectivity index (χ3v) is 4.51. The van der Waals surface area contributed by atoms with Crippen LogP contribution in [0.15, 0.2) is 64.3 Å². The number of carbonyl (C=O) groups excluding carboxylic acids is 1. The van der Waals surface area contributed by atoms with Crippen LogP contribution >= 0.6 is 0 Å². The molecule has 6 nitrogen and oxygen atoms in total. The molecule has 6 heteroatoms. The molecule has 0 radical (unpaired) electrons. The molecule has 0 N–H and O–H groups in total. The third kappa shape index (κ3) is 5.08. The summed E-state index contributed by atoms with van der Waals surface area (Å²) in [5.74, 6) is 0.661. The molecule has 0 unspecified atom stereocenters. The fourth-order valence-corrected chi connectivity index (χ4v) is 3.17. The number of methoxy groups -OCH3 is 1. The molecule has 0 saturated carbocycles. The van der Waals surface area contributed by atoms with Gasteiger partial charge in [-0.05, 0) is 48.2 Å². The van der Waals surface area contributed by atoms with E-state index in [1.54, 1.807) is 30.3 Å². The number of ether oxygens (including phenoxy) is 3. The molecule has 0 fully saturated rings. The molecule has 156 valence electrons. The van der Waals surface area contributed by atoms with Gasteiger partial charge in [-0.15, -0.1) is 6.58 Å². The lowest BCUT2D eigenvalue weighted by atomic mass is 10.1. The highest BCUT2D eigenvalue weighted by atomic mass is 16.6. The monoisotopic (exact) mass is 408 g/mol. The summed E-state index contributed by atoms with van der Waals surface area (Å²) in [7, 11) is 1.54. The first-order valence-corrected chi connectivity index (χ1v) is 9.72. The van der Waals surface area contributed by atoms with Crippen LogP contribution in [0.2, 0.25) is 0 Å². The van der Waals surface area contributed by atoms with E-state index in [0.29, 0.717) is 23.5 Å². The minimum absolute atomic E-state index is 0.279. The van der Waals surface area contributed by atoms with Crippen molar-refractivity contribution in [1.82, 2.24) is 0 Å². The summed E-state index contributed by atoms with van der Waals surface area (Å²) < 4.78 is 21.5. The Labute approximate surface area is 174 Å². The van der Waals surface area contributed by atoms with Gasteiger partial charge in [-0.25, -0.2) is 9.59 Å². The SMILES string of the molecule is C=CCc1ccc(OCC(=O)Oc2ccc3c(CCC)cc(=O)oc3c2)c(OC)c1. The molecule has 0 bridgehead atoms. The second-order valence-corrected chi connectivity index (χ2v) is 6.74. The minimum atomic E-state index is -0.585. The highest BCUT2D eigenvalue weighted by Gasteiger charge is 2.12. The number of aryl methyl sites for hydroxylation is 1. The summed E-state index contributed by atoms with van der Waals surface area (Å²) in [6.45, 7) is 5.46. The van der Waals surface area contributed by atoms with Gasteiger partial charge in [0.2, 0.25) is 0 Å². The molecule has 3 aromatic rings. The third-order valence-electron chi connectivity index (χ3n) is 4.51. The van der Waals surface area contributed by atoms with Crippen molar-refractivity contribution in [3.8, 4) is 17.2 Å². The average Bonchev–Trinajstić information content (AvgIpc) is 2.72. The van der Waals surface area contributed by atoms with E-state index in [4.69, 9.17) is 18.6 Å². The molecule has 0 amide bonds. The molecule has 0 atom stereocenters. The predicted octanol–water partition coefficient (Wildman–Crippen LogP) is 4.47. The van der Waals surface area contributed by atoms with Gasteiger partial charge in [0.1, 0.15) is 11.3 Å². The van der Waals surface area contributed by atoms with E-state index < -0.39 is 11.6 Å². The number of rotatable bonds is 9. The average molecular weight is 408 g/mol. The second kappa shape index (κ2) is 9.78. The van der Waals surface area contributed by atoms with E-state index in [9.17, 15) is 9.59 Å². The number of fused-ring (bicyclic) bond motifs is 1. The first kappa shape index (κ1) is 21.2. The normalized spacial score (nSPS) is 10.6. The molecule has 0 aliphatic heterocycles. The molecule has 1 aromatic heterocycles. The maximum Gasteiger partial charge on any atom is 0.349 e. The summed E-state index contributed by atoms with van der Waals surface area (Å²) in [6, 6.07) is 12.0. The van der Waals surface area contributed by atoms with E-state index >= 15 is 0 Å². The van der Waals surface area contributed by atoms with E-state index in [2.05, 4.69) is 6.58 Å².